The van der Waals surface area contributed by atoms with Crippen LogP contribution >= 0.6 is 0 Å². The highest BCUT2D eigenvalue weighted by atomic mass is 19.1. The Morgan fingerprint density at radius 2 is 1.91 bits per heavy atom. The van der Waals surface area contributed by atoms with Crippen molar-refractivity contribution in [1.82, 2.24) is 14.8 Å². The van der Waals surface area contributed by atoms with Crippen molar-refractivity contribution in [3.05, 3.63) is 39.9 Å². The SMILES string of the molecule is O=C(O)c1cn(C2CC2)c2cc(N3CCN(C(=O)O[C@@H]4CCC[C@]5(C4)OOC4(CC6CC4CN6)O5)CC3)c(F)cc2c1=O. The van der Waals surface area contributed by atoms with Crippen LogP contribution in [0.15, 0.2) is 23.1 Å². The Morgan fingerprint density at radius 3 is 2.60 bits per heavy atom. The third-order valence-corrected chi connectivity index (χ3v) is 10.1. The van der Waals surface area contributed by atoms with Crippen LogP contribution in [0, 0.1) is 11.7 Å². The number of carboxylic acid groups (broad SMARTS) is 1. The number of hydrogen-bond acceptors (Lipinski definition) is 9. The second kappa shape index (κ2) is 9.88. The molecule has 6 fully saturated rings. The molecular formula is C30H35FN4O8. The van der Waals surface area contributed by atoms with E-state index >= 15 is 4.39 Å². The molecule has 1 aromatic carbocycles. The van der Waals surface area contributed by atoms with Gasteiger partial charge >= 0.3 is 12.1 Å². The number of halogens is 1. The molecule has 13 heteroatoms. The van der Waals surface area contributed by atoms with E-state index in [0.29, 0.717) is 56.3 Å². The van der Waals surface area contributed by atoms with Gasteiger partial charge in [-0.15, -0.1) is 0 Å². The van der Waals surface area contributed by atoms with Crippen LogP contribution in [0.3, 0.4) is 0 Å². The third kappa shape index (κ3) is 4.59. The first-order valence-electron chi connectivity index (χ1n) is 15.4. The highest BCUT2D eigenvalue weighted by Crippen LogP contribution is 2.53. The number of carboxylic acids is 1. The van der Waals surface area contributed by atoms with E-state index in [4.69, 9.17) is 19.2 Å². The fraction of sp³-hybridized carbons (Fsp3) is 0.633. The Hall–Kier alpha value is -3.26. The molecule has 230 valence electrons. The molecule has 2 bridgehead atoms. The van der Waals surface area contributed by atoms with E-state index in [9.17, 15) is 19.5 Å². The summed E-state index contributed by atoms with van der Waals surface area (Å²) in [7, 11) is 0. The monoisotopic (exact) mass is 598 g/mol. The maximum absolute atomic E-state index is 15.4. The lowest BCUT2D eigenvalue weighted by atomic mass is 9.91. The number of anilines is 1. The van der Waals surface area contributed by atoms with Crippen LogP contribution in [0.2, 0.25) is 0 Å². The van der Waals surface area contributed by atoms with Gasteiger partial charge in [-0.25, -0.2) is 14.0 Å². The molecule has 2 N–H and O–H groups in total. The van der Waals surface area contributed by atoms with Crippen molar-refractivity contribution in [3.8, 4) is 0 Å². The van der Waals surface area contributed by atoms with Crippen LogP contribution in [0.4, 0.5) is 14.9 Å². The molecule has 0 radical (unpaired) electrons. The summed E-state index contributed by atoms with van der Waals surface area (Å²) in [6.45, 7) is 2.30. The van der Waals surface area contributed by atoms with Gasteiger partial charge in [-0.05, 0) is 44.2 Å². The molecule has 3 saturated carbocycles. The zero-order valence-corrected chi connectivity index (χ0v) is 23.8. The number of pyridine rings is 1. The minimum Gasteiger partial charge on any atom is -0.477 e. The molecule has 3 unspecified atom stereocenters. The highest BCUT2D eigenvalue weighted by Gasteiger charge is 2.63. The topological polar surface area (TPSA) is 132 Å². The van der Waals surface area contributed by atoms with Gasteiger partial charge in [0.2, 0.25) is 17.0 Å². The summed E-state index contributed by atoms with van der Waals surface area (Å²) in [5, 5.41) is 13.0. The number of aromatic carboxylic acids is 1. The first-order valence-corrected chi connectivity index (χ1v) is 15.4. The fourth-order valence-electron chi connectivity index (χ4n) is 7.72. The second-order valence-electron chi connectivity index (χ2n) is 12.9. The van der Waals surface area contributed by atoms with Crippen LogP contribution < -0.4 is 15.6 Å². The van der Waals surface area contributed by atoms with E-state index in [2.05, 4.69) is 5.32 Å². The zero-order valence-electron chi connectivity index (χ0n) is 23.8. The van der Waals surface area contributed by atoms with Crippen molar-refractivity contribution >= 4 is 28.7 Å². The molecule has 2 spiro atoms. The first kappa shape index (κ1) is 27.3. The van der Waals surface area contributed by atoms with E-state index in [1.54, 1.807) is 15.5 Å². The highest BCUT2D eigenvalue weighted by molar-refractivity contribution is 5.93. The van der Waals surface area contributed by atoms with Gasteiger partial charge in [0.1, 0.15) is 17.5 Å². The molecule has 3 saturated heterocycles. The van der Waals surface area contributed by atoms with E-state index in [-0.39, 0.29) is 29.0 Å². The Bertz CT molecular complexity index is 1550. The number of nitrogens with zero attached hydrogens (tertiary/aromatic N) is 3. The molecule has 5 atom stereocenters. The van der Waals surface area contributed by atoms with Crippen molar-refractivity contribution in [2.24, 2.45) is 5.92 Å². The van der Waals surface area contributed by atoms with Crippen molar-refractivity contribution in [1.29, 1.82) is 0 Å². The molecule has 43 heavy (non-hydrogen) atoms. The quantitative estimate of drug-likeness (QED) is 0.506. The summed E-state index contributed by atoms with van der Waals surface area (Å²) in [6, 6.07) is 3.25. The van der Waals surface area contributed by atoms with Crippen LogP contribution in [0.25, 0.3) is 10.9 Å². The predicted molar refractivity (Wildman–Crippen MR) is 149 cm³/mol. The largest absolute Gasteiger partial charge is 0.477 e. The number of nitrogens with one attached hydrogen (secondary N) is 1. The summed E-state index contributed by atoms with van der Waals surface area (Å²) < 4.78 is 29.6. The fourth-order valence-corrected chi connectivity index (χ4v) is 7.72. The standard InChI is InChI=1S/C30H35FN4O8/c31-23-11-21-24(35(19-3-4-19)16-22(26(21)36)27(37)38)12-25(23)33-6-8-34(9-7-33)28(39)40-20-2-1-5-29(14-20)41-30(43-42-29)13-18-10-17(30)15-32-18/h11-12,16-20,32H,1-10,13-15H2,(H,37,38)/t17?,18?,20-,29-,30?/m1/s1. The summed E-state index contributed by atoms with van der Waals surface area (Å²) >= 11 is 0. The number of piperidine rings is 1. The lowest BCUT2D eigenvalue weighted by Crippen LogP contribution is -2.51. The second-order valence-corrected chi connectivity index (χ2v) is 12.9. The Balaban J connectivity index is 0.926. The Labute approximate surface area is 246 Å². The van der Waals surface area contributed by atoms with Crippen LogP contribution in [-0.2, 0) is 19.2 Å². The van der Waals surface area contributed by atoms with Crippen LogP contribution in [0.1, 0.15) is 67.8 Å². The summed E-state index contributed by atoms with van der Waals surface area (Å²) in [5.74, 6) is -3.27. The summed E-state index contributed by atoms with van der Waals surface area (Å²) in [5.41, 5.74) is -0.203. The Morgan fingerprint density at radius 1 is 1.09 bits per heavy atom. The normalized spacial score (nSPS) is 33.7. The molecule has 6 aliphatic rings. The van der Waals surface area contributed by atoms with E-state index in [0.717, 1.165) is 51.1 Å². The number of hydrogen-bond donors (Lipinski definition) is 2. The number of carbonyl (C=O) groups is 2. The van der Waals surface area contributed by atoms with Crippen molar-refractivity contribution in [3.63, 3.8) is 0 Å². The average molecular weight is 599 g/mol. The molecule has 1 amide bonds. The number of aromatic nitrogens is 1. The third-order valence-electron chi connectivity index (χ3n) is 10.1. The number of carbonyl (C=O) groups excluding carboxylic acids is 1. The first-order chi connectivity index (χ1) is 20.7. The van der Waals surface area contributed by atoms with Gasteiger partial charge in [0, 0.05) is 81.6 Å². The number of piperazine rings is 1. The van der Waals surface area contributed by atoms with Crippen molar-refractivity contribution in [2.75, 3.05) is 37.6 Å². The lowest BCUT2D eigenvalue weighted by molar-refractivity contribution is -0.362. The average Bonchev–Trinajstić information content (AvgIpc) is 3.51. The van der Waals surface area contributed by atoms with Crippen LogP contribution in [0.5, 0.6) is 0 Å². The minimum atomic E-state index is -1.32. The predicted octanol–water partition coefficient (Wildman–Crippen LogP) is 3.13. The molecule has 1 aromatic heterocycles. The molecule has 4 heterocycles. The number of benzene rings is 1. The maximum Gasteiger partial charge on any atom is 0.410 e. The van der Waals surface area contributed by atoms with Gasteiger partial charge in [-0.1, -0.05) is 0 Å². The van der Waals surface area contributed by atoms with Gasteiger partial charge in [-0.3, -0.25) is 4.79 Å². The van der Waals surface area contributed by atoms with Gasteiger partial charge in [-0.2, -0.15) is 9.78 Å². The van der Waals surface area contributed by atoms with E-state index in [1.165, 1.54) is 6.20 Å². The molecular weight excluding hydrogens is 563 g/mol. The van der Waals surface area contributed by atoms with Crippen LogP contribution in [-0.4, -0.2) is 83.1 Å². The Kier molecular flexibility index (Phi) is 6.27. The van der Waals surface area contributed by atoms with Gasteiger partial charge in [0.25, 0.3) is 0 Å². The van der Waals surface area contributed by atoms with E-state index in [1.807, 2.05) is 4.90 Å². The van der Waals surface area contributed by atoms with Gasteiger partial charge in [0.15, 0.2) is 0 Å². The minimum absolute atomic E-state index is 0.0594. The molecule has 2 aromatic rings. The maximum atomic E-state index is 15.4. The van der Waals surface area contributed by atoms with Crippen molar-refractivity contribution < 1.29 is 38.3 Å². The lowest BCUT2D eigenvalue weighted by Gasteiger charge is -2.39. The number of amides is 1. The molecule has 8 rings (SSSR count). The zero-order chi connectivity index (χ0) is 29.5. The van der Waals surface area contributed by atoms with E-state index < -0.39 is 34.9 Å². The van der Waals surface area contributed by atoms with Gasteiger partial charge < -0.3 is 34.3 Å². The molecule has 12 nitrogen and oxygen atoms in total. The smallest absolute Gasteiger partial charge is 0.410 e. The van der Waals surface area contributed by atoms with Gasteiger partial charge in [0.05, 0.1) is 11.2 Å². The van der Waals surface area contributed by atoms with Crippen molar-refractivity contribution in [2.45, 2.75) is 81.1 Å². The molecule has 3 aliphatic carbocycles. The number of rotatable bonds is 4. The molecule has 3 aliphatic heterocycles. The number of fused-ring (bicyclic) bond motifs is 4. The number of ether oxygens (including phenoxy) is 2. The summed E-state index contributed by atoms with van der Waals surface area (Å²) in [6.07, 6.45) is 6.73. The summed E-state index contributed by atoms with van der Waals surface area (Å²) in [4.78, 5) is 52.8.